The molecule has 0 radical (unpaired) electrons. The van der Waals surface area contributed by atoms with E-state index in [-0.39, 0.29) is 0 Å². The van der Waals surface area contributed by atoms with Gasteiger partial charge in [-0.2, -0.15) is 0 Å². The first-order valence-electron chi connectivity index (χ1n) is 7.80. The number of hydrogen-bond acceptors (Lipinski definition) is 4. The van der Waals surface area contributed by atoms with Crippen LogP contribution in [0.5, 0.6) is 0 Å². The number of aryl methyl sites for hydroxylation is 1. The van der Waals surface area contributed by atoms with Crippen molar-refractivity contribution in [1.82, 2.24) is 9.88 Å². The van der Waals surface area contributed by atoms with Gasteiger partial charge in [-0.3, -0.25) is 0 Å². The van der Waals surface area contributed by atoms with Crippen LogP contribution in [0.4, 0.5) is 5.82 Å². The standard InChI is InChI=1S/C16H26N4/c1-12-5-7-18-16(14(12)10-17)20-9-6-15-13(11-20)4-3-8-19(15)2/h5,7,13,15H,3-4,6,8-11,17H2,1-2H3. The second-order valence-corrected chi connectivity index (χ2v) is 6.32. The zero-order valence-electron chi connectivity index (χ0n) is 12.7. The molecule has 4 nitrogen and oxygen atoms in total. The molecule has 0 amide bonds. The Morgan fingerprint density at radius 3 is 3.00 bits per heavy atom. The summed E-state index contributed by atoms with van der Waals surface area (Å²) in [5, 5.41) is 0. The van der Waals surface area contributed by atoms with Gasteiger partial charge >= 0.3 is 0 Å². The normalized spacial score (nSPS) is 27.4. The van der Waals surface area contributed by atoms with Crippen molar-refractivity contribution in [3.63, 3.8) is 0 Å². The average Bonchev–Trinajstić information content (AvgIpc) is 2.47. The predicted octanol–water partition coefficient (Wildman–Crippen LogP) is 1.77. The number of aromatic nitrogens is 1. The Morgan fingerprint density at radius 2 is 2.20 bits per heavy atom. The van der Waals surface area contributed by atoms with Crippen LogP contribution in [0.15, 0.2) is 12.3 Å². The molecule has 2 aliphatic rings. The number of nitrogens with zero attached hydrogens (tertiary/aromatic N) is 3. The topological polar surface area (TPSA) is 45.4 Å². The van der Waals surface area contributed by atoms with E-state index in [2.05, 4.69) is 34.8 Å². The smallest absolute Gasteiger partial charge is 0.133 e. The van der Waals surface area contributed by atoms with Crippen molar-refractivity contribution in [2.75, 3.05) is 31.6 Å². The van der Waals surface area contributed by atoms with Crippen LogP contribution < -0.4 is 10.6 Å². The zero-order chi connectivity index (χ0) is 14.1. The van der Waals surface area contributed by atoms with E-state index >= 15 is 0 Å². The summed E-state index contributed by atoms with van der Waals surface area (Å²) in [6.45, 7) is 6.22. The van der Waals surface area contributed by atoms with Crippen molar-refractivity contribution in [2.45, 2.75) is 38.8 Å². The van der Waals surface area contributed by atoms with Crippen LogP contribution in [0.1, 0.15) is 30.4 Å². The second-order valence-electron chi connectivity index (χ2n) is 6.32. The van der Waals surface area contributed by atoms with E-state index in [9.17, 15) is 0 Å². The van der Waals surface area contributed by atoms with Gasteiger partial charge in [-0.05, 0) is 57.3 Å². The second kappa shape index (κ2) is 5.70. The van der Waals surface area contributed by atoms with E-state index in [0.717, 1.165) is 30.9 Å². The Kier molecular flexibility index (Phi) is 3.94. The molecule has 3 rings (SSSR count). The van der Waals surface area contributed by atoms with Crippen LogP contribution in [0.2, 0.25) is 0 Å². The maximum absolute atomic E-state index is 5.94. The molecule has 0 bridgehead atoms. The molecule has 2 N–H and O–H groups in total. The third-order valence-electron chi connectivity index (χ3n) is 5.12. The Bertz CT molecular complexity index is 474. The fourth-order valence-corrected chi connectivity index (χ4v) is 3.94. The summed E-state index contributed by atoms with van der Waals surface area (Å²) < 4.78 is 0. The predicted molar refractivity (Wildman–Crippen MR) is 82.8 cm³/mol. The van der Waals surface area contributed by atoms with Crippen molar-refractivity contribution in [3.8, 4) is 0 Å². The number of fused-ring (bicyclic) bond motifs is 1. The van der Waals surface area contributed by atoms with Gasteiger partial charge in [0.2, 0.25) is 0 Å². The summed E-state index contributed by atoms with van der Waals surface area (Å²) in [6, 6.07) is 2.83. The molecular formula is C16H26N4. The molecule has 0 aromatic carbocycles. The third-order valence-corrected chi connectivity index (χ3v) is 5.12. The number of rotatable bonds is 2. The monoisotopic (exact) mass is 274 g/mol. The molecule has 1 aromatic heterocycles. The highest BCUT2D eigenvalue weighted by Crippen LogP contribution is 2.32. The van der Waals surface area contributed by atoms with Crippen LogP contribution >= 0.6 is 0 Å². The lowest BCUT2D eigenvalue weighted by Gasteiger charge is -2.46. The Hall–Kier alpha value is -1.13. The third kappa shape index (κ3) is 2.42. The van der Waals surface area contributed by atoms with E-state index in [0.29, 0.717) is 6.54 Å². The van der Waals surface area contributed by atoms with Gasteiger partial charge < -0.3 is 15.5 Å². The van der Waals surface area contributed by atoms with Gasteiger partial charge in [-0.15, -0.1) is 0 Å². The van der Waals surface area contributed by atoms with Gasteiger partial charge in [-0.25, -0.2) is 4.98 Å². The number of anilines is 1. The first-order valence-corrected chi connectivity index (χ1v) is 7.80. The number of piperidine rings is 2. The number of hydrogen-bond donors (Lipinski definition) is 1. The van der Waals surface area contributed by atoms with Gasteiger partial charge in [0.1, 0.15) is 5.82 Å². The Morgan fingerprint density at radius 1 is 1.35 bits per heavy atom. The molecule has 4 heteroatoms. The summed E-state index contributed by atoms with van der Waals surface area (Å²) in [5.41, 5.74) is 8.42. The molecule has 2 fully saturated rings. The van der Waals surface area contributed by atoms with E-state index in [4.69, 9.17) is 5.73 Å². The summed E-state index contributed by atoms with van der Waals surface area (Å²) in [4.78, 5) is 9.65. The number of pyridine rings is 1. The van der Waals surface area contributed by atoms with Crippen LogP contribution in [0, 0.1) is 12.8 Å². The molecule has 110 valence electrons. The molecule has 2 unspecified atom stereocenters. The van der Waals surface area contributed by atoms with Gasteiger partial charge in [0.15, 0.2) is 0 Å². The highest BCUT2D eigenvalue weighted by Gasteiger charge is 2.35. The SMILES string of the molecule is Cc1ccnc(N2CCC3C(CCCN3C)C2)c1CN. The van der Waals surface area contributed by atoms with Crippen LogP contribution in [0.25, 0.3) is 0 Å². The molecule has 20 heavy (non-hydrogen) atoms. The van der Waals surface area contributed by atoms with Crippen molar-refractivity contribution in [1.29, 1.82) is 0 Å². The van der Waals surface area contributed by atoms with Crippen molar-refractivity contribution in [3.05, 3.63) is 23.4 Å². The largest absolute Gasteiger partial charge is 0.356 e. The maximum Gasteiger partial charge on any atom is 0.133 e. The lowest BCUT2D eigenvalue weighted by molar-refractivity contribution is 0.102. The molecule has 0 saturated carbocycles. The fraction of sp³-hybridized carbons (Fsp3) is 0.688. The fourth-order valence-electron chi connectivity index (χ4n) is 3.94. The van der Waals surface area contributed by atoms with Crippen molar-refractivity contribution >= 4 is 5.82 Å². The molecule has 2 saturated heterocycles. The van der Waals surface area contributed by atoms with Crippen LogP contribution in [-0.4, -0.2) is 42.6 Å². The van der Waals surface area contributed by atoms with Crippen LogP contribution in [-0.2, 0) is 6.54 Å². The molecule has 3 heterocycles. The van der Waals surface area contributed by atoms with E-state index in [1.165, 1.54) is 36.9 Å². The average molecular weight is 274 g/mol. The Labute approximate surface area is 122 Å². The minimum Gasteiger partial charge on any atom is -0.356 e. The van der Waals surface area contributed by atoms with Gasteiger partial charge in [0.25, 0.3) is 0 Å². The van der Waals surface area contributed by atoms with Crippen LogP contribution in [0.3, 0.4) is 0 Å². The highest BCUT2D eigenvalue weighted by molar-refractivity contribution is 5.50. The highest BCUT2D eigenvalue weighted by atomic mass is 15.2. The Balaban J connectivity index is 1.81. The molecule has 0 aliphatic carbocycles. The maximum atomic E-state index is 5.94. The van der Waals surface area contributed by atoms with Gasteiger partial charge in [0, 0.05) is 37.4 Å². The first kappa shape index (κ1) is 13.8. The minimum atomic E-state index is 0.583. The van der Waals surface area contributed by atoms with Gasteiger partial charge in [-0.1, -0.05) is 0 Å². The molecule has 0 spiro atoms. The quantitative estimate of drug-likeness (QED) is 0.893. The van der Waals surface area contributed by atoms with Gasteiger partial charge in [0.05, 0.1) is 0 Å². The molecule has 2 aliphatic heterocycles. The first-order chi connectivity index (χ1) is 9.70. The number of likely N-dealkylation sites (tertiary alicyclic amines) is 1. The van der Waals surface area contributed by atoms with Crippen molar-refractivity contribution in [2.24, 2.45) is 11.7 Å². The van der Waals surface area contributed by atoms with E-state index in [1.54, 1.807) is 0 Å². The molecule has 2 atom stereocenters. The lowest BCUT2D eigenvalue weighted by Crippen LogP contribution is -2.53. The van der Waals surface area contributed by atoms with Crippen molar-refractivity contribution < 1.29 is 0 Å². The molecular weight excluding hydrogens is 248 g/mol. The summed E-state index contributed by atoms with van der Waals surface area (Å²) >= 11 is 0. The van der Waals surface area contributed by atoms with E-state index < -0.39 is 0 Å². The lowest BCUT2D eigenvalue weighted by atomic mass is 9.84. The molecule has 1 aromatic rings. The summed E-state index contributed by atoms with van der Waals surface area (Å²) in [6.07, 6.45) is 5.86. The number of nitrogens with two attached hydrogens (primary N) is 1. The van der Waals surface area contributed by atoms with E-state index in [1.807, 2.05) is 6.20 Å². The zero-order valence-corrected chi connectivity index (χ0v) is 12.7. The summed E-state index contributed by atoms with van der Waals surface area (Å²) in [7, 11) is 2.28. The minimum absolute atomic E-state index is 0.583. The summed E-state index contributed by atoms with van der Waals surface area (Å²) in [5.74, 6) is 1.91.